The molecule has 0 aliphatic carbocycles. The number of ether oxygens (including phenoxy) is 1. The molecule has 0 saturated carbocycles. The van der Waals surface area contributed by atoms with Crippen LogP contribution < -0.4 is 15.4 Å². The summed E-state index contributed by atoms with van der Waals surface area (Å²) in [5.41, 5.74) is 1.99. The summed E-state index contributed by atoms with van der Waals surface area (Å²) in [6.07, 6.45) is 4.76. The Labute approximate surface area is 145 Å². The van der Waals surface area contributed by atoms with Gasteiger partial charge in [-0.25, -0.2) is 0 Å². The summed E-state index contributed by atoms with van der Waals surface area (Å²) in [6.45, 7) is 2.84. The number of carbonyl (C=O) groups is 1. The topological polar surface area (TPSA) is 76.4 Å². The number of hydrogen-bond acceptors (Lipinski definition) is 5. The van der Waals surface area contributed by atoms with Crippen LogP contribution in [0.15, 0.2) is 65.5 Å². The fraction of sp³-hybridized carbons (Fsp3) is 0.158. The summed E-state index contributed by atoms with van der Waals surface area (Å²) in [6, 6.07) is 13.0. The van der Waals surface area contributed by atoms with Crippen LogP contribution in [-0.4, -0.2) is 17.5 Å². The molecule has 0 aliphatic rings. The second-order valence-corrected chi connectivity index (χ2v) is 5.28. The summed E-state index contributed by atoms with van der Waals surface area (Å²) in [7, 11) is 0. The van der Waals surface area contributed by atoms with Gasteiger partial charge in [0, 0.05) is 6.20 Å². The van der Waals surface area contributed by atoms with Crippen LogP contribution in [0.3, 0.4) is 0 Å². The Morgan fingerprint density at radius 2 is 2.08 bits per heavy atom. The Kier molecular flexibility index (Phi) is 5.31. The van der Waals surface area contributed by atoms with E-state index in [-0.39, 0.29) is 5.91 Å². The monoisotopic (exact) mass is 337 g/mol. The first-order valence-corrected chi connectivity index (χ1v) is 8.00. The third-order valence-corrected chi connectivity index (χ3v) is 3.47. The van der Waals surface area contributed by atoms with Crippen molar-refractivity contribution in [2.75, 3.05) is 11.9 Å². The average Bonchev–Trinajstić information content (AvgIpc) is 3.15. The maximum atomic E-state index is 12.3. The molecular weight excluding hydrogens is 318 g/mol. The molecule has 3 aromatic rings. The van der Waals surface area contributed by atoms with Gasteiger partial charge in [0.25, 0.3) is 5.91 Å². The zero-order valence-electron chi connectivity index (χ0n) is 13.9. The maximum Gasteiger partial charge on any atom is 0.253 e. The first kappa shape index (κ1) is 16.6. The SMILES string of the molecule is CCOc1ccccc1Nc1cncc(C(=O)NCc2ccco2)c1. The Bertz CT molecular complexity index is 831. The van der Waals surface area contributed by atoms with Gasteiger partial charge in [0.15, 0.2) is 0 Å². The second kappa shape index (κ2) is 8.01. The van der Waals surface area contributed by atoms with E-state index in [2.05, 4.69) is 15.6 Å². The number of anilines is 2. The van der Waals surface area contributed by atoms with Crippen LogP contribution in [0, 0.1) is 0 Å². The largest absolute Gasteiger partial charge is 0.492 e. The number of furan rings is 1. The Balaban J connectivity index is 1.70. The molecule has 0 saturated heterocycles. The standard InChI is InChI=1S/C19H19N3O3/c1-2-24-18-8-4-3-7-17(18)22-15-10-14(11-20-12-15)19(23)21-13-16-6-5-9-25-16/h3-12,22H,2,13H2,1H3,(H,21,23). The fourth-order valence-corrected chi connectivity index (χ4v) is 2.32. The van der Waals surface area contributed by atoms with Gasteiger partial charge in [-0.05, 0) is 37.3 Å². The van der Waals surface area contributed by atoms with E-state index >= 15 is 0 Å². The van der Waals surface area contributed by atoms with Crippen molar-refractivity contribution in [2.45, 2.75) is 13.5 Å². The van der Waals surface area contributed by atoms with E-state index in [1.165, 1.54) is 6.20 Å². The first-order valence-electron chi connectivity index (χ1n) is 8.00. The Hall–Kier alpha value is -3.28. The minimum absolute atomic E-state index is 0.217. The number of rotatable bonds is 7. The zero-order valence-corrected chi connectivity index (χ0v) is 13.9. The van der Waals surface area contributed by atoms with Gasteiger partial charge in [0.2, 0.25) is 0 Å². The molecule has 2 N–H and O–H groups in total. The lowest BCUT2D eigenvalue weighted by Gasteiger charge is -2.12. The molecule has 0 spiro atoms. The Morgan fingerprint density at radius 1 is 1.20 bits per heavy atom. The third kappa shape index (κ3) is 4.38. The van der Waals surface area contributed by atoms with Gasteiger partial charge in [-0.3, -0.25) is 9.78 Å². The van der Waals surface area contributed by atoms with Crippen molar-refractivity contribution in [3.63, 3.8) is 0 Å². The van der Waals surface area contributed by atoms with E-state index in [0.717, 1.165) is 11.4 Å². The summed E-state index contributed by atoms with van der Waals surface area (Å²) in [5, 5.41) is 6.04. The summed E-state index contributed by atoms with van der Waals surface area (Å²) in [5.74, 6) is 1.23. The fourth-order valence-electron chi connectivity index (χ4n) is 2.32. The lowest BCUT2D eigenvalue weighted by Crippen LogP contribution is -2.22. The van der Waals surface area contributed by atoms with Gasteiger partial charge in [0.1, 0.15) is 11.5 Å². The minimum atomic E-state index is -0.217. The van der Waals surface area contributed by atoms with E-state index < -0.39 is 0 Å². The number of hydrogen-bond donors (Lipinski definition) is 2. The predicted molar refractivity (Wildman–Crippen MR) is 95.0 cm³/mol. The summed E-state index contributed by atoms with van der Waals surface area (Å²) in [4.78, 5) is 16.4. The molecule has 1 aromatic carbocycles. The minimum Gasteiger partial charge on any atom is -0.492 e. The van der Waals surface area contributed by atoms with Gasteiger partial charge in [0.05, 0.1) is 42.5 Å². The number of nitrogens with one attached hydrogen (secondary N) is 2. The van der Waals surface area contributed by atoms with Crippen molar-refractivity contribution < 1.29 is 13.9 Å². The van der Waals surface area contributed by atoms with Crippen LogP contribution in [0.1, 0.15) is 23.0 Å². The average molecular weight is 337 g/mol. The number of amides is 1. The zero-order chi connectivity index (χ0) is 17.5. The van der Waals surface area contributed by atoms with Gasteiger partial charge in [-0.15, -0.1) is 0 Å². The van der Waals surface area contributed by atoms with Crippen molar-refractivity contribution in [3.8, 4) is 5.75 Å². The Morgan fingerprint density at radius 3 is 2.88 bits per heavy atom. The maximum absolute atomic E-state index is 12.3. The summed E-state index contributed by atoms with van der Waals surface area (Å²) >= 11 is 0. The number of carbonyl (C=O) groups excluding carboxylic acids is 1. The smallest absolute Gasteiger partial charge is 0.253 e. The molecular formula is C19H19N3O3. The molecule has 25 heavy (non-hydrogen) atoms. The highest BCUT2D eigenvalue weighted by Crippen LogP contribution is 2.27. The van der Waals surface area contributed by atoms with Crippen molar-refractivity contribution in [2.24, 2.45) is 0 Å². The number of aromatic nitrogens is 1. The molecule has 2 aromatic heterocycles. The molecule has 2 heterocycles. The van der Waals surface area contributed by atoms with E-state index in [1.807, 2.05) is 31.2 Å². The quantitative estimate of drug-likeness (QED) is 0.687. The van der Waals surface area contributed by atoms with Crippen LogP contribution in [0.4, 0.5) is 11.4 Å². The molecule has 1 amide bonds. The highest BCUT2D eigenvalue weighted by molar-refractivity contribution is 5.94. The molecule has 128 valence electrons. The van der Waals surface area contributed by atoms with E-state index in [9.17, 15) is 4.79 Å². The molecule has 0 fully saturated rings. The number of para-hydroxylation sites is 2. The highest BCUT2D eigenvalue weighted by atomic mass is 16.5. The van der Waals surface area contributed by atoms with Gasteiger partial charge in [-0.2, -0.15) is 0 Å². The molecule has 0 bridgehead atoms. The number of benzene rings is 1. The molecule has 6 nitrogen and oxygen atoms in total. The van der Waals surface area contributed by atoms with Crippen LogP contribution >= 0.6 is 0 Å². The lowest BCUT2D eigenvalue weighted by molar-refractivity contribution is 0.0947. The molecule has 0 atom stereocenters. The van der Waals surface area contributed by atoms with Crippen molar-refractivity contribution >= 4 is 17.3 Å². The molecule has 0 unspecified atom stereocenters. The van der Waals surface area contributed by atoms with Crippen molar-refractivity contribution in [3.05, 3.63) is 72.4 Å². The highest BCUT2D eigenvalue weighted by Gasteiger charge is 2.09. The van der Waals surface area contributed by atoms with Crippen molar-refractivity contribution in [1.29, 1.82) is 0 Å². The normalized spacial score (nSPS) is 10.3. The van der Waals surface area contributed by atoms with E-state index in [4.69, 9.17) is 9.15 Å². The molecule has 6 heteroatoms. The van der Waals surface area contributed by atoms with Gasteiger partial charge in [-0.1, -0.05) is 12.1 Å². The number of pyridine rings is 1. The first-order chi connectivity index (χ1) is 12.3. The van der Waals surface area contributed by atoms with E-state index in [1.54, 1.807) is 30.7 Å². The lowest BCUT2D eigenvalue weighted by atomic mass is 10.2. The second-order valence-electron chi connectivity index (χ2n) is 5.28. The van der Waals surface area contributed by atoms with Crippen LogP contribution in [0.5, 0.6) is 5.75 Å². The van der Waals surface area contributed by atoms with E-state index in [0.29, 0.717) is 30.2 Å². The third-order valence-electron chi connectivity index (χ3n) is 3.47. The molecule has 0 radical (unpaired) electrons. The van der Waals surface area contributed by atoms with Gasteiger partial charge >= 0.3 is 0 Å². The number of nitrogens with zero attached hydrogens (tertiary/aromatic N) is 1. The molecule has 0 aliphatic heterocycles. The van der Waals surface area contributed by atoms with Crippen LogP contribution in [0.2, 0.25) is 0 Å². The van der Waals surface area contributed by atoms with Crippen LogP contribution in [0.25, 0.3) is 0 Å². The van der Waals surface area contributed by atoms with Gasteiger partial charge < -0.3 is 19.8 Å². The van der Waals surface area contributed by atoms with Crippen LogP contribution in [-0.2, 0) is 6.54 Å². The molecule has 3 rings (SSSR count). The van der Waals surface area contributed by atoms with Crippen molar-refractivity contribution in [1.82, 2.24) is 10.3 Å². The predicted octanol–water partition coefficient (Wildman–Crippen LogP) is 3.75. The summed E-state index contributed by atoms with van der Waals surface area (Å²) < 4.78 is 10.8.